The Kier molecular flexibility index (Phi) is 5.91. The van der Waals surface area contributed by atoms with Crippen molar-refractivity contribution in [1.29, 1.82) is 0 Å². The van der Waals surface area contributed by atoms with E-state index in [-0.39, 0.29) is 24.1 Å². The second-order valence-electron chi connectivity index (χ2n) is 7.20. The van der Waals surface area contributed by atoms with Crippen LogP contribution < -0.4 is 10.1 Å². The fourth-order valence-corrected chi connectivity index (χ4v) is 3.67. The van der Waals surface area contributed by atoms with E-state index in [0.717, 1.165) is 15.6 Å². The molecule has 0 radical (unpaired) electrons. The number of fused-ring (bicyclic) bond motifs is 1. The van der Waals surface area contributed by atoms with Crippen molar-refractivity contribution in [2.75, 3.05) is 11.9 Å². The summed E-state index contributed by atoms with van der Waals surface area (Å²) >= 11 is 3.37. The number of rotatable bonds is 6. The van der Waals surface area contributed by atoms with Crippen molar-refractivity contribution < 1.29 is 18.7 Å². The van der Waals surface area contributed by atoms with Crippen LogP contribution in [0.1, 0.15) is 27.2 Å². The quantitative estimate of drug-likeness (QED) is 0.342. The molecule has 0 saturated heterocycles. The van der Waals surface area contributed by atoms with Gasteiger partial charge in [0.05, 0.1) is 5.69 Å². The van der Waals surface area contributed by atoms with Gasteiger partial charge in [0.25, 0.3) is 5.91 Å². The zero-order valence-corrected chi connectivity index (χ0v) is 18.7. The first kappa shape index (κ1) is 20.9. The van der Waals surface area contributed by atoms with E-state index in [1.807, 2.05) is 44.2 Å². The molecule has 0 saturated carbocycles. The summed E-state index contributed by atoms with van der Waals surface area (Å²) in [6.45, 7) is 3.68. The number of nitrogens with one attached hydrogen (secondary N) is 1. The summed E-state index contributed by atoms with van der Waals surface area (Å²) in [4.78, 5) is 25.8. The number of carbonyl (C=O) groups excluding carboxylic acids is 2. The smallest absolute Gasteiger partial charge is 0.262 e. The maximum absolute atomic E-state index is 13.1. The molecule has 1 amide bonds. The number of ether oxygens (including phenoxy) is 1. The third kappa shape index (κ3) is 4.39. The van der Waals surface area contributed by atoms with E-state index >= 15 is 0 Å². The van der Waals surface area contributed by atoms with Crippen LogP contribution in [0.4, 0.5) is 5.69 Å². The first-order valence-electron chi connectivity index (χ1n) is 9.74. The largest absolute Gasteiger partial charge is 0.483 e. The summed E-state index contributed by atoms with van der Waals surface area (Å²) < 4.78 is 12.5. The highest BCUT2D eigenvalue weighted by atomic mass is 79.9. The monoisotopic (exact) mass is 477 g/mol. The number of aryl methyl sites for hydroxylation is 2. The van der Waals surface area contributed by atoms with Crippen LogP contribution in [-0.2, 0) is 4.79 Å². The fourth-order valence-electron chi connectivity index (χ4n) is 3.40. The Morgan fingerprint density at radius 3 is 2.32 bits per heavy atom. The Balaban J connectivity index is 1.62. The van der Waals surface area contributed by atoms with Crippen LogP contribution in [0.2, 0.25) is 0 Å². The molecule has 0 fully saturated rings. The molecule has 0 spiro atoms. The molecule has 4 rings (SSSR count). The maximum atomic E-state index is 13.1. The minimum absolute atomic E-state index is 0.0870. The van der Waals surface area contributed by atoms with Crippen molar-refractivity contribution in [3.8, 4) is 5.75 Å². The van der Waals surface area contributed by atoms with Gasteiger partial charge in [-0.15, -0.1) is 0 Å². The Morgan fingerprint density at radius 1 is 0.935 bits per heavy atom. The number of anilines is 1. The number of ketones is 1. The van der Waals surface area contributed by atoms with Gasteiger partial charge in [0, 0.05) is 15.4 Å². The van der Waals surface area contributed by atoms with Crippen LogP contribution in [0.3, 0.4) is 0 Å². The highest BCUT2D eigenvalue weighted by molar-refractivity contribution is 9.10. The second kappa shape index (κ2) is 8.78. The van der Waals surface area contributed by atoms with Gasteiger partial charge in [0.2, 0.25) is 5.78 Å². The highest BCUT2D eigenvalue weighted by Gasteiger charge is 2.23. The number of hydrogen-bond acceptors (Lipinski definition) is 4. The van der Waals surface area contributed by atoms with Crippen LogP contribution >= 0.6 is 15.9 Å². The Morgan fingerprint density at radius 2 is 1.61 bits per heavy atom. The molecular weight excluding hydrogens is 458 g/mol. The summed E-state index contributed by atoms with van der Waals surface area (Å²) in [6.07, 6.45) is 0. The summed E-state index contributed by atoms with van der Waals surface area (Å²) in [7, 11) is 0. The molecule has 0 unspecified atom stereocenters. The molecule has 4 aromatic rings. The molecule has 0 bridgehead atoms. The molecule has 31 heavy (non-hydrogen) atoms. The molecule has 3 aromatic carbocycles. The Bertz CT molecular complexity index is 1250. The van der Waals surface area contributed by atoms with Crippen LogP contribution in [0.5, 0.6) is 5.75 Å². The van der Waals surface area contributed by atoms with E-state index in [9.17, 15) is 9.59 Å². The summed E-state index contributed by atoms with van der Waals surface area (Å²) in [5, 5.41) is 3.47. The zero-order chi connectivity index (χ0) is 22.0. The van der Waals surface area contributed by atoms with Crippen molar-refractivity contribution in [1.82, 2.24) is 0 Å². The number of amides is 1. The zero-order valence-electron chi connectivity index (χ0n) is 17.1. The second-order valence-corrected chi connectivity index (χ2v) is 8.11. The number of halogens is 1. The average molecular weight is 478 g/mol. The summed E-state index contributed by atoms with van der Waals surface area (Å²) in [5.41, 5.74) is 3.23. The van der Waals surface area contributed by atoms with Gasteiger partial charge >= 0.3 is 0 Å². The normalized spacial score (nSPS) is 10.8. The number of furan rings is 1. The molecule has 0 aliphatic carbocycles. The van der Waals surface area contributed by atoms with E-state index in [4.69, 9.17) is 9.15 Å². The number of benzene rings is 3. The van der Waals surface area contributed by atoms with Crippen molar-refractivity contribution in [2.24, 2.45) is 0 Å². The molecular formula is C25H20BrNO4. The van der Waals surface area contributed by atoms with Crippen LogP contribution in [-0.4, -0.2) is 18.3 Å². The van der Waals surface area contributed by atoms with E-state index in [0.29, 0.717) is 28.0 Å². The number of para-hydroxylation sites is 2. The van der Waals surface area contributed by atoms with E-state index < -0.39 is 0 Å². The SMILES string of the molecule is Cc1cccc(C)c1OCC(=O)Nc1c(C(=O)c2ccc(Br)cc2)oc2ccccc12. The molecule has 156 valence electrons. The minimum atomic E-state index is -0.376. The summed E-state index contributed by atoms with van der Waals surface area (Å²) in [5.74, 6) is 0.0820. The Labute approximate surface area is 188 Å². The first-order chi connectivity index (χ1) is 14.9. The molecule has 0 atom stereocenters. The lowest BCUT2D eigenvalue weighted by Crippen LogP contribution is -2.21. The highest BCUT2D eigenvalue weighted by Crippen LogP contribution is 2.33. The third-order valence-corrected chi connectivity index (χ3v) is 5.46. The van der Waals surface area contributed by atoms with Crippen molar-refractivity contribution >= 4 is 44.3 Å². The van der Waals surface area contributed by atoms with Crippen LogP contribution in [0, 0.1) is 13.8 Å². The van der Waals surface area contributed by atoms with Gasteiger partial charge < -0.3 is 14.5 Å². The molecule has 1 heterocycles. The lowest BCUT2D eigenvalue weighted by atomic mass is 10.1. The maximum Gasteiger partial charge on any atom is 0.262 e. The standard InChI is InChI=1S/C25H20BrNO4/c1-15-6-5-7-16(2)24(15)30-14-21(28)27-22-19-8-3-4-9-20(19)31-25(22)23(29)17-10-12-18(26)13-11-17/h3-13H,14H2,1-2H3,(H,27,28). The molecule has 1 aromatic heterocycles. The van der Waals surface area contributed by atoms with E-state index in [1.54, 1.807) is 36.4 Å². The number of hydrogen-bond donors (Lipinski definition) is 1. The minimum Gasteiger partial charge on any atom is -0.483 e. The van der Waals surface area contributed by atoms with E-state index in [2.05, 4.69) is 21.2 Å². The van der Waals surface area contributed by atoms with Gasteiger partial charge in [-0.2, -0.15) is 0 Å². The van der Waals surface area contributed by atoms with Gasteiger partial charge in [-0.1, -0.05) is 46.3 Å². The molecule has 0 aliphatic heterocycles. The van der Waals surface area contributed by atoms with Crippen LogP contribution in [0.25, 0.3) is 11.0 Å². The molecule has 6 heteroatoms. The third-order valence-electron chi connectivity index (χ3n) is 4.93. The molecule has 5 nitrogen and oxygen atoms in total. The van der Waals surface area contributed by atoms with Crippen molar-refractivity contribution in [3.05, 3.63) is 93.7 Å². The van der Waals surface area contributed by atoms with Gasteiger partial charge in [-0.3, -0.25) is 9.59 Å². The van der Waals surface area contributed by atoms with Gasteiger partial charge in [0.15, 0.2) is 12.4 Å². The topological polar surface area (TPSA) is 68.5 Å². The predicted octanol–water partition coefficient (Wildman–Crippen LogP) is 6.06. The van der Waals surface area contributed by atoms with Gasteiger partial charge in [-0.25, -0.2) is 0 Å². The van der Waals surface area contributed by atoms with Crippen molar-refractivity contribution in [3.63, 3.8) is 0 Å². The predicted molar refractivity (Wildman–Crippen MR) is 124 cm³/mol. The lowest BCUT2D eigenvalue weighted by molar-refractivity contribution is -0.118. The van der Waals surface area contributed by atoms with Gasteiger partial charge in [0.1, 0.15) is 11.3 Å². The average Bonchev–Trinajstić information content (AvgIpc) is 3.12. The van der Waals surface area contributed by atoms with Crippen molar-refractivity contribution in [2.45, 2.75) is 13.8 Å². The van der Waals surface area contributed by atoms with E-state index in [1.165, 1.54) is 0 Å². The number of carbonyl (C=O) groups is 2. The first-order valence-corrected chi connectivity index (χ1v) is 10.5. The summed E-state index contributed by atoms with van der Waals surface area (Å²) in [6, 6.07) is 20.0. The van der Waals surface area contributed by atoms with Gasteiger partial charge in [-0.05, 0) is 61.4 Å². The fraction of sp³-hybridized carbons (Fsp3) is 0.120. The van der Waals surface area contributed by atoms with Crippen LogP contribution in [0.15, 0.2) is 75.6 Å². The molecule has 0 aliphatic rings. The lowest BCUT2D eigenvalue weighted by Gasteiger charge is -2.12. The Hall–Kier alpha value is -3.38. The molecule has 1 N–H and O–H groups in total.